The van der Waals surface area contributed by atoms with Gasteiger partial charge < -0.3 is 10.2 Å². The number of amides is 1. The van der Waals surface area contributed by atoms with Gasteiger partial charge >= 0.3 is 0 Å². The van der Waals surface area contributed by atoms with Crippen molar-refractivity contribution in [2.75, 3.05) is 18.2 Å². The lowest BCUT2D eigenvalue weighted by Gasteiger charge is -2.36. The van der Waals surface area contributed by atoms with Crippen LogP contribution >= 0.6 is 0 Å². The summed E-state index contributed by atoms with van der Waals surface area (Å²) in [6.45, 7) is 0.555. The van der Waals surface area contributed by atoms with Gasteiger partial charge in [-0.2, -0.15) is 0 Å². The SMILES string of the molecule is CNC(=O)[C@@H]1Cc2ccccc2CN1c1ccc(S(C)(=O)=O)cn1. The zero-order chi connectivity index (χ0) is 17.3. The highest BCUT2D eigenvalue weighted by Gasteiger charge is 2.31. The van der Waals surface area contributed by atoms with Crippen molar-refractivity contribution in [3.05, 3.63) is 53.7 Å². The van der Waals surface area contributed by atoms with Gasteiger partial charge in [0.15, 0.2) is 9.84 Å². The van der Waals surface area contributed by atoms with Crippen LogP contribution in [0.25, 0.3) is 0 Å². The first kappa shape index (κ1) is 16.4. The maximum absolute atomic E-state index is 12.3. The summed E-state index contributed by atoms with van der Waals surface area (Å²) in [5.41, 5.74) is 2.29. The Morgan fingerprint density at radius 1 is 1.21 bits per heavy atom. The largest absolute Gasteiger partial charge is 0.357 e. The van der Waals surface area contributed by atoms with Gasteiger partial charge in [-0.3, -0.25) is 4.79 Å². The smallest absolute Gasteiger partial charge is 0.242 e. The molecule has 3 rings (SSSR count). The molecule has 1 atom stereocenters. The second kappa shape index (κ2) is 6.24. The number of hydrogen-bond acceptors (Lipinski definition) is 5. The molecule has 0 aliphatic carbocycles. The molecule has 0 spiro atoms. The molecule has 1 aliphatic rings. The average Bonchev–Trinajstić information content (AvgIpc) is 2.59. The molecule has 0 fully saturated rings. The molecule has 0 saturated heterocycles. The minimum Gasteiger partial charge on any atom is -0.357 e. The lowest BCUT2D eigenvalue weighted by atomic mass is 9.93. The minimum atomic E-state index is -3.29. The Kier molecular flexibility index (Phi) is 4.28. The van der Waals surface area contributed by atoms with E-state index in [4.69, 9.17) is 0 Å². The summed E-state index contributed by atoms with van der Waals surface area (Å²) in [5.74, 6) is 0.504. The summed E-state index contributed by atoms with van der Waals surface area (Å²) < 4.78 is 23.2. The van der Waals surface area contributed by atoms with E-state index in [0.29, 0.717) is 18.8 Å². The molecule has 0 bridgehead atoms. The summed E-state index contributed by atoms with van der Waals surface area (Å²) in [5, 5.41) is 2.70. The van der Waals surface area contributed by atoms with Crippen molar-refractivity contribution in [2.24, 2.45) is 0 Å². The van der Waals surface area contributed by atoms with Gasteiger partial charge in [0.2, 0.25) is 5.91 Å². The van der Waals surface area contributed by atoms with E-state index >= 15 is 0 Å². The molecule has 0 saturated carbocycles. The zero-order valence-corrected chi connectivity index (χ0v) is 14.4. The van der Waals surface area contributed by atoms with E-state index in [2.05, 4.69) is 10.3 Å². The third-order valence-corrected chi connectivity index (χ3v) is 5.34. The number of sulfone groups is 1. The average molecular weight is 345 g/mol. The highest BCUT2D eigenvalue weighted by atomic mass is 32.2. The van der Waals surface area contributed by atoms with Crippen molar-refractivity contribution in [3.8, 4) is 0 Å². The molecule has 24 heavy (non-hydrogen) atoms. The highest BCUT2D eigenvalue weighted by Crippen LogP contribution is 2.28. The molecule has 0 radical (unpaired) electrons. The number of aromatic nitrogens is 1. The van der Waals surface area contributed by atoms with E-state index in [0.717, 1.165) is 17.4 Å². The molecule has 6 nitrogen and oxygen atoms in total. The maximum atomic E-state index is 12.3. The molecule has 0 unspecified atom stereocenters. The van der Waals surface area contributed by atoms with E-state index in [-0.39, 0.29) is 16.8 Å². The first-order valence-corrected chi connectivity index (χ1v) is 9.50. The van der Waals surface area contributed by atoms with Crippen LogP contribution in [0, 0.1) is 0 Å². The summed E-state index contributed by atoms with van der Waals surface area (Å²) in [7, 11) is -1.68. The molecule has 1 N–H and O–H groups in total. The molecule has 1 aromatic carbocycles. The standard InChI is InChI=1S/C17H19N3O3S/c1-18-17(21)15-9-12-5-3-4-6-13(12)11-20(15)16-8-7-14(10-19-16)24(2,22)23/h3-8,10,15H,9,11H2,1-2H3,(H,18,21)/t15-/m0/s1. The van der Waals surface area contributed by atoms with Crippen LogP contribution < -0.4 is 10.2 Å². The number of pyridine rings is 1. The van der Waals surface area contributed by atoms with Crippen molar-refractivity contribution >= 4 is 21.6 Å². The highest BCUT2D eigenvalue weighted by molar-refractivity contribution is 7.90. The number of hydrogen-bond donors (Lipinski definition) is 1. The monoisotopic (exact) mass is 345 g/mol. The van der Waals surface area contributed by atoms with E-state index in [1.165, 1.54) is 12.3 Å². The summed E-state index contributed by atoms with van der Waals surface area (Å²) in [4.78, 5) is 18.7. The van der Waals surface area contributed by atoms with Crippen molar-refractivity contribution in [3.63, 3.8) is 0 Å². The molecule has 1 aromatic heterocycles. The van der Waals surface area contributed by atoms with Crippen LogP contribution in [0.5, 0.6) is 0 Å². The molecule has 7 heteroatoms. The minimum absolute atomic E-state index is 0.0847. The molecule has 126 valence electrons. The van der Waals surface area contributed by atoms with Gasteiger partial charge in [0.1, 0.15) is 11.9 Å². The third-order valence-electron chi connectivity index (χ3n) is 4.24. The van der Waals surface area contributed by atoms with E-state index in [9.17, 15) is 13.2 Å². The first-order chi connectivity index (χ1) is 11.4. The second-order valence-electron chi connectivity index (χ2n) is 5.86. The van der Waals surface area contributed by atoms with Gasteiger partial charge in [-0.1, -0.05) is 24.3 Å². The predicted molar refractivity (Wildman–Crippen MR) is 91.5 cm³/mol. The van der Waals surface area contributed by atoms with E-state index < -0.39 is 9.84 Å². The van der Waals surface area contributed by atoms with E-state index in [1.54, 1.807) is 13.1 Å². The topological polar surface area (TPSA) is 79.4 Å². The molecule has 1 amide bonds. The normalized spacial score (nSPS) is 17.2. The Bertz CT molecular complexity index is 863. The van der Waals surface area contributed by atoms with Gasteiger partial charge in [0.05, 0.1) is 4.90 Å². The van der Waals surface area contributed by atoms with Crippen LogP contribution in [0.15, 0.2) is 47.5 Å². The second-order valence-corrected chi connectivity index (χ2v) is 7.87. The Morgan fingerprint density at radius 2 is 1.92 bits per heavy atom. The quantitative estimate of drug-likeness (QED) is 0.903. The fourth-order valence-electron chi connectivity index (χ4n) is 2.93. The number of fused-ring (bicyclic) bond motifs is 1. The van der Waals surface area contributed by atoms with Crippen LogP contribution in [-0.2, 0) is 27.6 Å². The Morgan fingerprint density at radius 3 is 2.50 bits per heavy atom. The summed E-state index contributed by atoms with van der Waals surface area (Å²) >= 11 is 0. The summed E-state index contributed by atoms with van der Waals surface area (Å²) in [6.07, 6.45) is 3.08. The van der Waals surface area contributed by atoms with Crippen LogP contribution in [0.2, 0.25) is 0 Å². The van der Waals surface area contributed by atoms with Gasteiger partial charge in [0.25, 0.3) is 0 Å². The van der Waals surface area contributed by atoms with Crippen molar-refractivity contribution in [1.82, 2.24) is 10.3 Å². The third kappa shape index (κ3) is 3.12. The maximum Gasteiger partial charge on any atom is 0.242 e. The molecular weight excluding hydrogens is 326 g/mol. The Balaban J connectivity index is 1.99. The fraction of sp³-hybridized carbons (Fsp3) is 0.294. The number of carbonyl (C=O) groups excluding carboxylic acids is 1. The number of carbonyl (C=O) groups is 1. The Hall–Kier alpha value is -2.41. The van der Waals surface area contributed by atoms with Gasteiger partial charge in [-0.25, -0.2) is 13.4 Å². The Labute approximate surface area is 141 Å². The fourth-order valence-corrected chi connectivity index (χ4v) is 3.49. The number of benzene rings is 1. The van der Waals surface area contributed by atoms with Crippen LogP contribution in [0.4, 0.5) is 5.82 Å². The number of rotatable bonds is 3. The van der Waals surface area contributed by atoms with Gasteiger partial charge in [-0.05, 0) is 23.3 Å². The molecule has 1 aliphatic heterocycles. The number of anilines is 1. The lowest BCUT2D eigenvalue weighted by molar-refractivity contribution is -0.122. The predicted octanol–water partition coefficient (Wildman–Crippen LogP) is 1.16. The number of nitrogens with one attached hydrogen (secondary N) is 1. The van der Waals surface area contributed by atoms with Gasteiger partial charge in [0, 0.05) is 32.5 Å². The van der Waals surface area contributed by atoms with Crippen molar-refractivity contribution in [1.29, 1.82) is 0 Å². The van der Waals surface area contributed by atoms with Crippen molar-refractivity contribution in [2.45, 2.75) is 23.9 Å². The van der Waals surface area contributed by atoms with Crippen LogP contribution in [0.3, 0.4) is 0 Å². The first-order valence-electron chi connectivity index (χ1n) is 7.61. The zero-order valence-electron chi connectivity index (χ0n) is 13.6. The molecular formula is C17H19N3O3S. The number of likely N-dealkylation sites (N-methyl/N-ethyl adjacent to an activating group) is 1. The van der Waals surface area contributed by atoms with Crippen LogP contribution in [0.1, 0.15) is 11.1 Å². The van der Waals surface area contributed by atoms with Crippen molar-refractivity contribution < 1.29 is 13.2 Å². The molecule has 2 heterocycles. The van der Waals surface area contributed by atoms with Gasteiger partial charge in [-0.15, -0.1) is 0 Å². The molecule has 2 aromatic rings. The number of nitrogens with zero attached hydrogens (tertiary/aromatic N) is 2. The lowest BCUT2D eigenvalue weighted by Crippen LogP contribution is -2.50. The summed E-state index contributed by atoms with van der Waals surface area (Å²) in [6, 6.07) is 10.8. The van der Waals surface area contributed by atoms with E-state index in [1.807, 2.05) is 29.2 Å². The van der Waals surface area contributed by atoms with Crippen LogP contribution in [-0.4, -0.2) is 38.7 Å².